The van der Waals surface area contributed by atoms with Gasteiger partial charge in [-0.1, -0.05) is 32.1 Å². The number of hydrogen-bond donors (Lipinski definition) is 5. The zero-order valence-corrected chi connectivity index (χ0v) is 17.6. The molecule has 1 aromatic carbocycles. The third-order valence-corrected chi connectivity index (χ3v) is 5.11. The summed E-state index contributed by atoms with van der Waals surface area (Å²) >= 11 is 0. The summed E-state index contributed by atoms with van der Waals surface area (Å²) in [5.74, 6) is 0.488. The second kappa shape index (κ2) is 9.49. The summed E-state index contributed by atoms with van der Waals surface area (Å²) in [5.41, 5.74) is 14.7. The van der Waals surface area contributed by atoms with Crippen molar-refractivity contribution in [1.82, 2.24) is 16.0 Å². The fourth-order valence-electron chi connectivity index (χ4n) is 3.44. The molecule has 2 heterocycles. The molecule has 2 aliphatic heterocycles. The summed E-state index contributed by atoms with van der Waals surface area (Å²) < 4.78 is 0. The number of aliphatic imine (C=N–C) groups is 1. The number of nitrogens with zero attached hydrogens (tertiary/aromatic N) is 2. The third kappa shape index (κ3) is 5.01. The van der Waals surface area contributed by atoms with E-state index in [2.05, 4.69) is 47.4 Å². The molecule has 0 spiro atoms. The molecular formula is C22H31N7O. The smallest absolute Gasteiger partial charge is 0.327 e. The normalized spacial score (nSPS) is 18.7. The maximum absolute atomic E-state index is 12.6. The summed E-state index contributed by atoms with van der Waals surface area (Å²) in [6.45, 7) is 9.51. The second-order valence-corrected chi connectivity index (χ2v) is 7.70. The minimum Gasteiger partial charge on any atom is -0.370 e. The Morgan fingerprint density at radius 2 is 2.03 bits per heavy atom. The van der Waals surface area contributed by atoms with E-state index in [1.807, 2.05) is 36.5 Å². The van der Waals surface area contributed by atoms with Gasteiger partial charge in [-0.3, -0.25) is 9.89 Å². The Morgan fingerprint density at radius 1 is 1.30 bits per heavy atom. The number of fused-ring (bicyclic) bond motifs is 1. The summed E-state index contributed by atoms with van der Waals surface area (Å²) in [4.78, 5) is 18.2. The van der Waals surface area contributed by atoms with Gasteiger partial charge in [0, 0.05) is 24.0 Å². The zero-order valence-electron chi connectivity index (χ0n) is 17.6. The minimum atomic E-state index is -0.154. The van der Waals surface area contributed by atoms with Crippen LogP contribution in [0.4, 0.5) is 10.5 Å². The van der Waals surface area contributed by atoms with Crippen LogP contribution in [0.25, 0.3) is 0 Å². The van der Waals surface area contributed by atoms with Crippen LogP contribution in [0.5, 0.6) is 0 Å². The van der Waals surface area contributed by atoms with Gasteiger partial charge < -0.3 is 27.4 Å². The topological polar surface area (TPSA) is 121 Å². The molecule has 8 heteroatoms. The number of carbonyl (C=O) groups excluding carboxylic acids is 1. The number of anilines is 1. The van der Waals surface area contributed by atoms with Gasteiger partial charge in [0.15, 0.2) is 5.96 Å². The number of benzene rings is 1. The van der Waals surface area contributed by atoms with Crippen molar-refractivity contribution < 1.29 is 4.79 Å². The highest BCUT2D eigenvalue weighted by atomic mass is 16.2. The van der Waals surface area contributed by atoms with E-state index in [-0.39, 0.29) is 24.2 Å². The van der Waals surface area contributed by atoms with Gasteiger partial charge in [-0.2, -0.15) is 0 Å². The van der Waals surface area contributed by atoms with Gasteiger partial charge in [0.25, 0.3) is 0 Å². The van der Waals surface area contributed by atoms with E-state index in [4.69, 9.17) is 11.5 Å². The van der Waals surface area contributed by atoms with Gasteiger partial charge in [-0.25, -0.2) is 4.79 Å². The van der Waals surface area contributed by atoms with E-state index in [1.54, 1.807) is 4.90 Å². The third-order valence-electron chi connectivity index (χ3n) is 5.11. The fraction of sp³-hybridized carbons (Fsp3) is 0.364. The molecule has 8 nitrogen and oxygen atoms in total. The highest BCUT2D eigenvalue weighted by Crippen LogP contribution is 2.27. The molecule has 1 aromatic rings. The Bertz CT molecular complexity index is 866. The number of rotatable bonds is 9. The number of urea groups is 1. The molecule has 2 aliphatic rings. The molecule has 0 bridgehead atoms. The Labute approximate surface area is 177 Å². The Balaban J connectivity index is 1.66. The average Bonchev–Trinajstić information content (AvgIpc) is 3.13. The number of nitrogens with one attached hydrogen (secondary N) is 3. The van der Waals surface area contributed by atoms with Crippen molar-refractivity contribution in [3.8, 4) is 0 Å². The molecule has 2 amide bonds. The van der Waals surface area contributed by atoms with Crippen LogP contribution < -0.4 is 32.3 Å². The van der Waals surface area contributed by atoms with Crippen LogP contribution in [0.3, 0.4) is 0 Å². The lowest BCUT2D eigenvalue weighted by atomic mass is 10.1. The summed E-state index contributed by atoms with van der Waals surface area (Å²) in [5, 5.41) is 9.78. The van der Waals surface area contributed by atoms with E-state index in [1.165, 1.54) is 0 Å². The van der Waals surface area contributed by atoms with Crippen molar-refractivity contribution in [2.24, 2.45) is 22.4 Å². The quantitative estimate of drug-likeness (QED) is 0.185. The molecule has 30 heavy (non-hydrogen) atoms. The Kier molecular flexibility index (Phi) is 6.79. The maximum atomic E-state index is 12.6. The van der Waals surface area contributed by atoms with Crippen molar-refractivity contribution in [1.29, 1.82) is 0 Å². The summed E-state index contributed by atoms with van der Waals surface area (Å²) in [6.07, 6.45) is 6.53. The standard InChI is InChI=1S/C22H31N7O/c1-4-18(25-10-5-11-26-21(23)24)15-6-8-17(9-7-15)29-13-16-12-19(14(2)3)27-20(16)28-22(29)30/h4,6-9,12-14,18,20,25,27H,1,5,10-11H2,2-3H3,(H,28,30)(H4,23,24,26). The number of amides is 2. The Morgan fingerprint density at radius 3 is 2.67 bits per heavy atom. The minimum absolute atomic E-state index is 0.00624. The number of allylic oxidation sites excluding steroid dienone is 1. The zero-order chi connectivity index (χ0) is 21.7. The number of hydrogen-bond acceptors (Lipinski definition) is 4. The summed E-state index contributed by atoms with van der Waals surface area (Å²) in [7, 11) is 0. The van der Waals surface area contributed by atoms with Gasteiger partial charge in [0.1, 0.15) is 6.17 Å². The molecule has 0 saturated carbocycles. The van der Waals surface area contributed by atoms with Crippen LogP contribution in [0, 0.1) is 5.92 Å². The van der Waals surface area contributed by atoms with Gasteiger partial charge in [0.05, 0.1) is 11.7 Å². The van der Waals surface area contributed by atoms with E-state index < -0.39 is 0 Å². The van der Waals surface area contributed by atoms with Crippen LogP contribution in [0.2, 0.25) is 0 Å². The fourth-order valence-corrected chi connectivity index (χ4v) is 3.44. The molecule has 0 radical (unpaired) electrons. The van der Waals surface area contributed by atoms with Crippen molar-refractivity contribution in [3.05, 3.63) is 66.0 Å². The number of carbonyl (C=O) groups is 1. The van der Waals surface area contributed by atoms with Crippen LogP contribution in [-0.2, 0) is 0 Å². The van der Waals surface area contributed by atoms with Crippen LogP contribution in [-0.4, -0.2) is 31.2 Å². The maximum Gasteiger partial charge on any atom is 0.327 e. The molecule has 3 rings (SSSR count). The lowest BCUT2D eigenvalue weighted by molar-refractivity contribution is 0.243. The average molecular weight is 410 g/mol. The molecule has 2 unspecified atom stereocenters. The molecule has 0 fully saturated rings. The van der Waals surface area contributed by atoms with Gasteiger partial charge in [-0.15, -0.1) is 6.58 Å². The number of guanidine groups is 1. The number of nitrogens with two attached hydrogens (primary N) is 2. The second-order valence-electron chi connectivity index (χ2n) is 7.70. The van der Waals surface area contributed by atoms with Crippen molar-refractivity contribution in [2.75, 3.05) is 18.0 Å². The lowest BCUT2D eigenvalue weighted by Crippen LogP contribution is -2.52. The molecule has 160 valence electrons. The first-order chi connectivity index (χ1) is 14.4. The first-order valence-electron chi connectivity index (χ1n) is 10.2. The Hall–Kier alpha value is -3.26. The predicted molar refractivity (Wildman–Crippen MR) is 122 cm³/mol. The van der Waals surface area contributed by atoms with Crippen molar-refractivity contribution in [2.45, 2.75) is 32.5 Å². The summed E-state index contributed by atoms with van der Waals surface area (Å²) in [6, 6.07) is 7.75. The van der Waals surface area contributed by atoms with Crippen molar-refractivity contribution >= 4 is 17.7 Å². The molecule has 2 atom stereocenters. The van der Waals surface area contributed by atoms with Gasteiger partial charge in [-0.05, 0) is 42.7 Å². The molecule has 7 N–H and O–H groups in total. The molecule has 0 aromatic heterocycles. The molecule has 0 aliphatic carbocycles. The molecule has 0 saturated heterocycles. The highest BCUT2D eigenvalue weighted by molar-refractivity contribution is 5.96. The van der Waals surface area contributed by atoms with Gasteiger partial charge in [0.2, 0.25) is 0 Å². The predicted octanol–water partition coefficient (Wildman–Crippen LogP) is 2.05. The van der Waals surface area contributed by atoms with Crippen LogP contribution >= 0.6 is 0 Å². The SMILES string of the molecule is C=CC(NCCCN=C(N)N)c1ccc(N2C=C3C=C(C(C)C)NC3NC2=O)cc1. The first-order valence-corrected chi connectivity index (χ1v) is 10.2. The van der Waals surface area contributed by atoms with Crippen LogP contribution in [0.15, 0.2) is 65.5 Å². The van der Waals surface area contributed by atoms with E-state index in [9.17, 15) is 4.79 Å². The van der Waals surface area contributed by atoms with Gasteiger partial charge >= 0.3 is 6.03 Å². The first kappa shape index (κ1) is 21.4. The van der Waals surface area contributed by atoms with Crippen LogP contribution in [0.1, 0.15) is 31.9 Å². The van der Waals surface area contributed by atoms with E-state index in [0.717, 1.165) is 35.5 Å². The largest absolute Gasteiger partial charge is 0.370 e. The monoisotopic (exact) mass is 409 g/mol. The van der Waals surface area contributed by atoms with E-state index in [0.29, 0.717) is 12.5 Å². The van der Waals surface area contributed by atoms with Crippen molar-refractivity contribution in [3.63, 3.8) is 0 Å². The highest BCUT2D eigenvalue weighted by Gasteiger charge is 2.31. The molecular weight excluding hydrogens is 378 g/mol. The lowest BCUT2D eigenvalue weighted by Gasteiger charge is -2.29. The van der Waals surface area contributed by atoms with E-state index >= 15 is 0 Å².